The Balaban J connectivity index is 2.14. The van der Waals surface area contributed by atoms with Crippen molar-refractivity contribution in [1.29, 1.82) is 0 Å². The van der Waals surface area contributed by atoms with Crippen molar-refractivity contribution in [3.05, 3.63) is 34.3 Å². The van der Waals surface area contributed by atoms with Crippen molar-refractivity contribution in [3.63, 3.8) is 0 Å². The molecule has 1 heterocycles. The average Bonchev–Trinajstić information content (AvgIpc) is 2.46. The second-order valence-corrected chi connectivity index (χ2v) is 9.65. The first-order valence-corrected chi connectivity index (χ1v) is 11.0. The van der Waals surface area contributed by atoms with Crippen LogP contribution in [-0.2, 0) is 19.7 Å². The Kier molecular flexibility index (Phi) is 6.02. The van der Waals surface area contributed by atoms with Gasteiger partial charge in [0.05, 0.1) is 0 Å². The predicted molar refractivity (Wildman–Crippen MR) is 92.8 cm³/mol. The van der Waals surface area contributed by atoms with Crippen molar-refractivity contribution in [2.45, 2.75) is 18.9 Å². The molecular weight excluding hydrogens is 439 g/mol. The summed E-state index contributed by atoms with van der Waals surface area (Å²) in [5.41, 5.74) is 5.69. The van der Waals surface area contributed by atoms with E-state index >= 15 is 0 Å². The van der Waals surface area contributed by atoms with Gasteiger partial charge in [-0.05, 0) is 31.0 Å². The van der Waals surface area contributed by atoms with Crippen LogP contribution in [0, 0.1) is 0 Å². The molecule has 1 saturated heterocycles. The summed E-state index contributed by atoms with van der Waals surface area (Å²) in [4.78, 5) is 24.7. The van der Waals surface area contributed by atoms with E-state index in [1.807, 2.05) is 0 Å². The minimum Gasteiger partial charge on any atom is -0.340 e. The Morgan fingerprint density at radius 2 is 2.12 bits per heavy atom. The Morgan fingerprint density at radius 3 is 2.72 bits per heavy atom. The molecule has 2 atom stereocenters. The van der Waals surface area contributed by atoms with Crippen LogP contribution in [0.5, 0.6) is 0 Å². The van der Waals surface area contributed by atoms with Gasteiger partial charge in [-0.25, -0.2) is 0 Å². The molecule has 0 spiro atoms. The molecule has 1 aliphatic rings. The summed E-state index contributed by atoms with van der Waals surface area (Å²) in [7, 11) is -9.24. The zero-order valence-corrected chi connectivity index (χ0v) is 16.1. The molecule has 1 unspecified atom stereocenters. The number of carbonyl (C=O) groups excluding carboxylic acids is 2. The van der Waals surface area contributed by atoms with Crippen LogP contribution in [0.2, 0.25) is 0 Å². The summed E-state index contributed by atoms with van der Waals surface area (Å²) < 4.78 is 45.4. The van der Waals surface area contributed by atoms with Crippen LogP contribution in [0.15, 0.2) is 28.7 Å². The van der Waals surface area contributed by atoms with Gasteiger partial charge in [-0.2, -0.15) is 8.42 Å². The van der Waals surface area contributed by atoms with Crippen LogP contribution in [0.3, 0.4) is 0 Å². The molecule has 25 heavy (non-hydrogen) atoms. The van der Waals surface area contributed by atoms with E-state index in [1.165, 1.54) is 4.49 Å². The topological polar surface area (TPSA) is 159 Å². The fourth-order valence-corrected chi connectivity index (χ4v) is 5.36. The third-order valence-corrected chi connectivity index (χ3v) is 6.99. The third kappa shape index (κ3) is 5.33. The van der Waals surface area contributed by atoms with E-state index in [0.29, 0.717) is 21.1 Å². The Hall–Kier alpha value is -1.30. The molecule has 1 aromatic rings. The van der Waals surface area contributed by atoms with E-state index in [0.717, 1.165) is 0 Å². The maximum absolute atomic E-state index is 12.4. The smallest absolute Gasteiger partial charge is 0.340 e. The monoisotopic (exact) mass is 454 g/mol. The summed E-state index contributed by atoms with van der Waals surface area (Å²) >= 11 is 3.23. The van der Waals surface area contributed by atoms with Gasteiger partial charge in [0.25, 0.3) is 11.8 Å². The van der Waals surface area contributed by atoms with Gasteiger partial charge in [-0.1, -0.05) is 22.0 Å². The highest BCUT2D eigenvalue weighted by atomic mass is 79.9. The van der Waals surface area contributed by atoms with Crippen LogP contribution in [-0.4, -0.2) is 42.0 Å². The molecule has 0 aliphatic carbocycles. The summed E-state index contributed by atoms with van der Waals surface area (Å²) in [5, 5.41) is 2.51. The van der Waals surface area contributed by atoms with Gasteiger partial charge in [0.1, 0.15) is 6.04 Å². The number of piperidine rings is 1. The van der Waals surface area contributed by atoms with Crippen LogP contribution in [0.4, 0.5) is 0 Å². The highest BCUT2D eigenvalue weighted by Crippen LogP contribution is 2.40. The molecule has 0 aromatic heterocycles. The Bertz CT molecular complexity index is 848. The Morgan fingerprint density at radius 1 is 1.44 bits per heavy atom. The molecule has 138 valence electrons. The van der Waals surface area contributed by atoms with Gasteiger partial charge in [0, 0.05) is 16.6 Å². The molecule has 0 saturated carbocycles. The van der Waals surface area contributed by atoms with E-state index in [1.54, 1.807) is 24.3 Å². The van der Waals surface area contributed by atoms with Gasteiger partial charge >= 0.3 is 17.9 Å². The van der Waals surface area contributed by atoms with Crippen LogP contribution < -0.4 is 15.3 Å². The first-order chi connectivity index (χ1) is 11.5. The summed E-state index contributed by atoms with van der Waals surface area (Å²) in [6.45, 7) is -0.0710. The number of nitrogens with two attached hydrogens (primary N) is 1. The molecule has 5 N–H and O–H groups in total. The molecular formula is C12H16BrN4O6PS. The molecule has 1 aliphatic heterocycles. The van der Waals surface area contributed by atoms with E-state index < -0.39 is 35.8 Å². The van der Waals surface area contributed by atoms with E-state index in [2.05, 4.69) is 21.2 Å². The van der Waals surface area contributed by atoms with Crippen molar-refractivity contribution in [1.82, 2.24) is 14.5 Å². The number of nitrogens with zero attached hydrogens (tertiary/aromatic N) is 1. The number of hydrogen-bond donors (Lipinski definition) is 4. The van der Waals surface area contributed by atoms with Crippen LogP contribution in [0.25, 0.3) is 0 Å². The van der Waals surface area contributed by atoms with Gasteiger partial charge in [-0.15, -0.1) is 4.49 Å². The SMILES string of the molecule is NP(=O)(NS(=O)(=O)O)N1CCC[C@H](NC(=O)c2cccc(Br)c2)C1=O. The number of benzene rings is 1. The largest absolute Gasteiger partial charge is 0.341 e. The van der Waals surface area contributed by atoms with Gasteiger partial charge in [0.2, 0.25) is 0 Å². The van der Waals surface area contributed by atoms with Crippen molar-refractivity contribution >= 4 is 45.6 Å². The molecule has 1 aromatic carbocycles. The molecule has 2 amide bonds. The number of hydrogen-bond acceptors (Lipinski definition) is 5. The van der Waals surface area contributed by atoms with Crippen LogP contribution in [0.1, 0.15) is 23.2 Å². The van der Waals surface area contributed by atoms with E-state index in [-0.39, 0.29) is 13.0 Å². The molecule has 13 heteroatoms. The molecule has 0 radical (unpaired) electrons. The zero-order chi connectivity index (χ0) is 18.8. The van der Waals surface area contributed by atoms with Crippen molar-refractivity contribution < 1.29 is 27.1 Å². The molecule has 2 rings (SSSR count). The Labute approximate surface area is 152 Å². The zero-order valence-electron chi connectivity index (χ0n) is 12.8. The lowest BCUT2D eigenvalue weighted by molar-refractivity contribution is -0.130. The lowest BCUT2D eigenvalue weighted by Crippen LogP contribution is -2.53. The van der Waals surface area contributed by atoms with Crippen molar-refractivity contribution in [3.8, 4) is 0 Å². The number of rotatable bonds is 5. The molecule has 1 fully saturated rings. The van der Waals surface area contributed by atoms with Gasteiger partial charge in [-0.3, -0.25) is 28.9 Å². The summed E-state index contributed by atoms with van der Waals surface area (Å²) in [6, 6.07) is 5.49. The highest BCUT2D eigenvalue weighted by molar-refractivity contribution is 9.10. The van der Waals surface area contributed by atoms with Crippen molar-refractivity contribution in [2.75, 3.05) is 6.54 Å². The fraction of sp³-hybridized carbons (Fsp3) is 0.333. The number of amides is 2. The van der Waals surface area contributed by atoms with E-state index in [9.17, 15) is 22.6 Å². The fourth-order valence-electron chi connectivity index (χ4n) is 2.37. The second-order valence-electron chi connectivity index (χ2n) is 5.33. The summed E-state index contributed by atoms with van der Waals surface area (Å²) in [5.74, 6) is -1.31. The normalized spacial score (nSPS) is 20.8. The number of halogens is 1. The quantitative estimate of drug-likeness (QED) is 0.374. The first kappa shape index (κ1) is 20.0. The highest BCUT2D eigenvalue weighted by Gasteiger charge is 2.40. The first-order valence-electron chi connectivity index (χ1n) is 7.03. The number of carbonyl (C=O) groups is 2. The lowest BCUT2D eigenvalue weighted by Gasteiger charge is -2.35. The maximum Gasteiger partial charge on any atom is 0.341 e. The maximum atomic E-state index is 12.4. The van der Waals surface area contributed by atoms with Crippen molar-refractivity contribution in [2.24, 2.45) is 5.50 Å². The van der Waals surface area contributed by atoms with Crippen LogP contribution >= 0.6 is 23.5 Å². The third-order valence-electron chi connectivity index (χ3n) is 3.41. The number of nitrogens with one attached hydrogen (secondary N) is 2. The lowest BCUT2D eigenvalue weighted by atomic mass is 10.1. The molecule has 10 nitrogen and oxygen atoms in total. The predicted octanol–water partition coefficient (Wildman–Crippen LogP) is 0.629. The minimum atomic E-state index is -4.87. The molecule has 0 bridgehead atoms. The van der Waals surface area contributed by atoms with E-state index in [4.69, 9.17) is 10.1 Å². The minimum absolute atomic E-state index is 0.0710. The van der Waals surface area contributed by atoms with Gasteiger partial charge < -0.3 is 5.32 Å². The van der Waals surface area contributed by atoms with Gasteiger partial charge in [0.15, 0.2) is 0 Å². The average molecular weight is 455 g/mol. The second kappa shape index (κ2) is 7.52. The summed E-state index contributed by atoms with van der Waals surface area (Å²) in [6.07, 6.45) is 0.616. The standard InChI is InChI=1S/C12H16BrN4O6PS/c13-9-4-1-3-8(7-9)11(18)15-10-5-2-6-17(12(10)19)24(14,20)16-25(21,22)23/h1,3-4,7,10H,2,5-6H2,(H,15,18)(H3,14,16,20)(H,21,22,23)/t10-,24?/m0/s1.